The lowest BCUT2D eigenvalue weighted by molar-refractivity contribution is -0.118. The summed E-state index contributed by atoms with van der Waals surface area (Å²) in [6, 6.07) is 9.38. The van der Waals surface area contributed by atoms with Crippen LogP contribution in [0, 0.1) is 12.7 Å². The zero-order chi connectivity index (χ0) is 15.7. The van der Waals surface area contributed by atoms with Crippen LogP contribution in [0.5, 0.6) is 5.75 Å². The zero-order valence-electron chi connectivity index (χ0n) is 11.8. The van der Waals surface area contributed by atoms with Gasteiger partial charge >= 0.3 is 0 Å². The lowest BCUT2D eigenvalue weighted by Crippen LogP contribution is -2.26. The number of aryl methyl sites for hydroxylation is 1. The van der Waals surface area contributed by atoms with Crippen LogP contribution in [-0.4, -0.2) is 18.4 Å². The molecule has 1 heterocycles. The molecule has 0 saturated heterocycles. The first kappa shape index (κ1) is 14.1. The molecule has 6 heteroatoms. The van der Waals surface area contributed by atoms with E-state index in [1.165, 1.54) is 0 Å². The molecule has 0 unspecified atom stereocenters. The summed E-state index contributed by atoms with van der Waals surface area (Å²) >= 11 is 0. The summed E-state index contributed by atoms with van der Waals surface area (Å²) in [6.45, 7) is 1.64. The molecule has 112 valence electrons. The van der Waals surface area contributed by atoms with Gasteiger partial charge in [-0.25, -0.2) is 4.39 Å². The van der Waals surface area contributed by atoms with E-state index in [1.54, 1.807) is 12.1 Å². The van der Waals surface area contributed by atoms with Crippen molar-refractivity contribution >= 4 is 23.2 Å². The SMILES string of the molecule is Cc1ccccc1C(=O)Nc1cc(F)cc2c1OCC(=O)N2. The van der Waals surface area contributed by atoms with Crippen molar-refractivity contribution in [1.29, 1.82) is 0 Å². The molecular formula is C16H13FN2O3. The second kappa shape index (κ2) is 5.48. The fourth-order valence-corrected chi connectivity index (χ4v) is 2.28. The molecule has 0 spiro atoms. The van der Waals surface area contributed by atoms with Gasteiger partial charge in [0.25, 0.3) is 11.8 Å². The summed E-state index contributed by atoms with van der Waals surface area (Å²) in [5.74, 6) is -1.06. The van der Waals surface area contributed by atoms with Crippen LogP contribution in [0.3, 0.4) is 0 Å². The van der Waals surface area contributed by atoms with Gasteiger partial charge in [0.05, 0.1) is 11.4 Å². The number of carbonyl (C=O) groups excluding carboxylic acids is 2. The van der Waals surface area contributed by atoms with Crippen LogP contribution < -0.4 is 15.4 Å². The molecular weight excluding hydrogens is 287 g/mol. The summed E-state index contributed by atoms with van der Waals surface area (Å²) in [7, 11) is 0. The molecule has 2 N–H and O–H groups in total. The van der Waals surface area contributed by atoms with Gasteiger partial charge in [0, 0.05) is 17.7 Å². The summed E-state index contributed by atoms with van der Waals surface area (Å²) < 4.78 is 19.0. The molecule has 2 aromatic carbocycles. The van der Waals surface area contributed by atoms with Crippen molar-refractivity contribution in [3.8, 4) is 5.75 Å². The molecule has 0 atom stereocenters. The summed E-state index contributed by atoms with van der Waals surface area (Å²) in [6.07, 6.45) is 0. The fourth-order valence-electron chi connectivity index (χ4n) is 2.28. The van der Waals surface area contributed by atoms with E-state index in [9.17, 15) is 14.0 Å². The number of rotatable bonds is 2. The quantitative estimate of drug-likeness (QED) is 0.896. The smallest absolute Gasteiger partial charge is 0.262 e. The van der Waals surface area contributed by atoms with Gasteiger partial charge in [-0.2, -0.15) is 0 Å². The summed E-state index contributed by atoms with van der Waals surface area (Å²) in [5.41, 5.74) is 1.68. The van der Waals surface area contributed by atoms with Gasteiger partial charge in [0.1, 0.15) is 5.82 Å². The van der Waals surface area contributed by atoms with E-state index < -0.39 is 5.82 Å². The van der Waals surface area contributed by atoms with Crippen molar-refractivity contribution in [2.45, 2.75) is 6.92 Å². The summed E-state index contributed by atoms with van der Waals surface area (Å²) in [5, 5.41) is 5.14. The number of ether oxygens (including phenoxy) is 1. The molecule has 1 aliphatic rings. The van der Waals surface area contributed by atoms with Crippen LogP contribution in [0.25, 0.3) is 0 Å². The third-order valence-corrected chi connectivity index (χ3v) is 3.31. The van der Waals surface area contributed by atoms with E-state index in [0.29, 0.717) is 5.56 Å². The van der Waals surface area contributed by atoms with Crippen LogP contribution in [0.4, 0.5) is 15.8 Å². The number of anilines is 2. The Bertz CT molecular complexity index is 774. The third-order valence-electron chi connectivity index (χ3n) is 3.31. The molecule has 22 heavy (non-hydrogen) atoms. The number of benzene rings is 2. The summed E-state index contributed by atoms with van der Waals surface area (Å²) in [4.78, 5) is 23.6. The Morgan fingerprint density at radius 2 is 2.09 bits per heavy atom. The van der Waals surface area contributed by atoms with Gasteiger partial charge in [-0.15, -0.1) is 0 Å². The van der Waals surface area contributed by atoms with Crippen molar-refractivity contribution in [3.05, 3.63) is 53.3 Å². The van der Waals surface area contributed by atoms with E-state index >= 15 is 0 Å². The van der Waals surface area contributed by atoms with Crippen molar-refractivity contribution < 1.29 is 18.7 Å². The predicted molar refractivity (Wildman–Crippen MR) is 79.7 cm³/mol. The molecule has 0 saturated carbocycles. The van der Waals surface area contributed by atoms with E-state index in [4.69, 9.17) is 4.74 Å². The highest BCUT2D eigenvalue weighted by Gasteiger charge is 2.22. The molecule has 0 aromatic heterocycles. The first-order valence-electron chi connectivity index (χ1n) is 6.68. The second-order valence-electron chi connectivity index (χ2n) is 4.94. The van der Waals surface area contributed by atoms with Gasteiger partial charge in [-0.3, -0.25) is 9.59 Å². The average Bonchev–Trinajstić information content (AvgIpc) is 2.46. The Labute approximate surface area is 126 Å². The number of nitrogens with one attached hydrogen (secondary N) is 2. The Kier molecular flexibility index (Phi) is 3.50. The first-order valence-corrected chi connectivity index (χ1v) is 6.68. The Balaban J connectivity index is 1.94. The van der Waals surface area contributed by atoms with Crippen LogP contribution in [0.1, 0.15) is 15.9 Å². The molecule has 1 aliphatic heterocycles. The lowest BCUT2D eigenvalue weighted by atomic mass is 10.1. The third kappa shape index (κ3) is 2.63. The zero-order valence-corrected chi connectivity index (χ0v) is 11.8. The van der Waals surface area contributed by atoms with Gasteiger partial charge in [0.2, 0.25) is 0 Å². The highest BCUT2D eigenvalue weighted by atomic mass is 19.1. The molecule has 2 aromatic rings. The van der Waals surface area contributed by atoms with Crippen molar-refractivity contribution in [3.63, 3.8) is 0 Å². The molecule has 0 fully saturated rings. The maximum Gasteiger partial charge on any atom is 0.262 e. The number of hydrogen-bond acceptors (Lipinski definition) is 3. The molecule has 5 nitrogen and oxygen atoms in total. The molecule has 0 aliphatic carbocycles. The van der Waals surface area contributed by atoms with E-state index in [0.717, 1.165) is 17.7 Å². The maximum atomic E-state index is 13.7. The lowest BCUT2D eigenvalue weighted by Gasteiger charge is -2.21. The highest BCUT2D eigenvalue weighted by molar-refractivity contribution is 6.07. The number of hydrogen-bond donors (Lipinski definition) is 2. The minimum absolute atomic E-state index is 0.175. The Morgan fingerprint density at radius 1 is 1.32 bits per heavy atom. The van der Waals surface area contributed by atoms with Gasteiger partial charge in [-0.1, -0.05) is 18.2 Å². The number of amides is 2. The van der Waals surface area contributed by atoms with E-state index in [2.05, 4.69) is 10.6 Å². The predicted octanol–water partition coefficient (Wildman–Crippen LogP) is 2.72. The average molecular weight is 300 g/mol. The van der Waals surface area contributed by atoms with Gasteiger partial charge in [-0.05, 0) is 18.6 Å². The topological polar surface area (TPSA) is 67.4 Å². The molecule has 0 bridgehead atoms. The second-order valence-corrected chi connectivity index (χ2v) is 4.94. The van der Waals surface area contributed by atoms with Crippen molar-refractivity contribution in [2.24, 2.45) is 0 Å². The van der Waals surface area contributed by atoms with E-state index in [-0.39, 0.29) is 35.5 Å². The minimum atomic E-state index is -0.579. The Hall–Kier alpha value is -2.89. The van der Waals surface area contributed by atoms with Crippen LogP contribution in [0.2, 0.25) is 0 Å². The largest absolute Gasteiger partial charge is 0.479 e. The molecule has 0 radical (unpaired) electrons. The van der Waals surface area contributed by atoms with Crippen molar-refractivity contribution in [2.75, 3.05) is 17.2 Å². The van der Waals surface area contributed by atoms with Gasteiger partial charge in [0.15, 0.2) is 12.4 Å². The van der Waals surface area contributed by atoms with Gasteiger partial charge < -0.3 is 15.4 Å². The van der Waals surface area contributed by atoms with Crippen molar-refractivity contribution in [1.82, 2.24) is 0 Å². The Morgan fingerprint density at radius 3 is 2.86 bits per heavy atom. The molecule has 3 rings (SSSR count). The van der Waals surface area contributed by atoms with E-state index in [1.807, 2.05) is 19.1 Å². The minimum Gasteiger partial charge on any atom is -0.479 e. The first-order chi connectivity index (χ1) is 10.5. The van der Waals surface area contributed by atoms with Crippen LogP contribution in [-0.2, 0) is 4.79 Å². The molecule has 2 amide bonds. The monoisotopic (exact) mass is 300 g/mol. The number of carbonyl (C=O) groups is 2. The van der Waals surface area contributed by atoms with Crippen LogP contribution >= 0.6 is 0 Å². The normalized spacial score (nSPS) is 12.9. The standard InChI is InChI=1S/C16H13FN2O3/c1-9-4-2-3-5-11(9)16(21)19-13-7-10(17)6-12-15(13)22-8-14(20)18-12/h2-7H,8H2,1H3,(H,18,20)(H,19,21). The highest BCUT2D eigenvalue weighted by Crippen LogP contribution is 2.37. The number of halogens is 1. The number of fused-ring (bicyclic) bond motifs is 1. The van der Waals surface area contributed by atoms with Crippen LogP contribution in [0.15, 0.2) is 36.4 Å². The maximum absolute atomic E-state index is 13.7. The fraction of sp³-hybridized carbons (Fsp3) is 0.125.